The van der Waals surface area contributed by atoms with Gasteiger partial charge in [0.25, 0.3) is 0 Å². The van der Waals surface area contributed by atoms with E-state index in [4.69, 9.17) is 10.5 Å². The SMILES string of the molecule is N#CCc1cnc(Br)cc1C#N. The lowest BCUT2D eigenvalue weighted by Crippen LogP contribution is -1.90. The van der Waals surface area contributed by atoms with Crippen molar-refractivity contribution < 1.29 is 0 Å². The highest BCUT2D eigenvalue weighted by Crippen LogP contribution is 2.12. The van der Waals surface area contributed by atoms with Crippen LogP contribution in [0.3, 0.4) is 0 Å². The number of nitriles is 2. The van der Waals surface area contributed by atoms with Crippen LogP contribution in [0.5, 0.6) is 0 Å². The van der Waals surface area contributed by atoms with Crippen molar-refractivity contribution in [1.29, 1.82) is 10.5 Å². The zero-order chi connectivity index (χ0) is 8.97. The normalized spacial score (nSPS) is 8.58. The minimum Gasteiger partial charge on any atom is -0.249 e. The van der Waals surface area contributed by atoms with Crippen LogP contribution >= 0.6 is 15.9 Å². The van der Waals surface area contributed by atoms with Crippen LogP contribution in [0.15, 0.2) is 16.9 Å². The van der Waals surface area contributed by atoms with Crippen molar-refractivity contribution >= 4 is 15.9 Å². The van der Waals surface area contributed by atoms with Crippen molar-refractivity contribution in [1.82, 2.24) is 4.98 Å². The minimum atomic E-state index is 0.225. The van der Waals surface area contributed by atoms with Gasteiger partial charge in [-0.25, -0.2) is 4.98 Å². The van der Waals surface area contributed by atoms with Crippen LogP contribution in [0, 0.1) is 22.7 Å². The topological polar surface area (TPSA) is 60.5 Å². The van der Waals surface area contributed by atoms with Crippen LogP contribution in [0.4, 0.5) is 0 Å². The Labute approximate surface area is 78.4 Å². The quantitative estimate of drug-likeness (QED) is 0.680. The van der Waals surface area contributed by atoms with Crippen molar-refractivity contribution in [2.45, 2.75) is 6.42 Å². The van der Waals surface area contributed by atoms with Gasteiger partial charge in [0.2, 0.25) is 0 Å². The van der Waals surface area contributed by atoms with Gasteiger partial charge < -0.3 is 0 Å². The van der Waals surface area contributed by atoms with Crippen LogP contribution < -0.4 is 0 Å². The van der Waals surface area contributed by atoms with E-state index in [1.807, 2.05) is 12.1 Å². The Morgan fingerprint density at radius 2 is 2.25 bits per heavy atom. The summed E-state index contributed by atoms with van der Waals surface area (Å²) in [5.41, 5.74) is 1.17. The van der Waals surface area contributed by atoms with Gasteiger partial charge in [-0.3, -0.25) is 0 Å². The van der Waals surface area contributed by atoms with Crippen LogP contribution in [-0.2, 0) is 6.42 Å². The Balaban J connectivity index is 3.15. The van der Waals surface area contributed by atoms with E-state index in [9.17, 15) is 0 Å². The Morgan fingerprint density at radius 3 is 2.83 bits per heavy atom. The van der Waals surface area contributed by atoms with E-state index < -0.39 is 0 Å². The Morgan fingerprint density at radius 1 is 1.50 bits per heavy atom. The molecular formula is C8H4BrN3. The number of halogens is 1. The van der Waals surface area contributed by atoms with Gasteiger partial charge in [0.1, 0.15) is 4.60 Å². The molecule has 0 N–H and O–H groups in total. The summed E-state index contributed by atoms with van der Waals surface area (Å²) in [5, 5.41) is 17.1. The zero-order valence-electron chi connectivity index (χ0n) is 6.08. The highest BCUT2D eigenvalue weighted by molar-refractivity contribution is 9.10. The number of aromatic nitrogens is 1. The molecule has 0 aliphatic heterocycles. The molecule has 0 aromatic carbocycles. The maximum atomic E-state index is 8.66. The summed E-state index contributed by atoms with van der Waals surface area (Å²) in [5.74, 6) is 0. The number of nitrogens with zero attached hydrogens (tertiary/aromatic N) is 3. The highest BCUT2D eigenvalue weighted by Gasteiger charge is 2.02. The molecule has 0 fully saturated rings. The van der Waals surface area contributed by atoms with E-state index in [1.165, 1.54) is 6.20 Å². The lowest BCUT2D eigenvalue weighted by Gasteiger charge is -1.96. The lowest BCUT2D eigenvalue weighted by atomic mass is 10.1. The zero-order valence-corrected chi connectivity index (χ0v) is 7.67. The van der Waals surface area contributed by atoms with Gasteiger partial charge in [0.05, 0.1) is 24.1 Å². The molecule has 4 heteroatoms. The summed E-state index contributed by atoms with van der Waals surface area (Å²) in [4.78, 5) is 3.92. The second-order valence-electron chi connectivity index (χ2n) is 2.11. The average molecular weight is 222 g/mol. The number of rotatable bonds is 1. The first kappa shape index (κ1) is 8.70. The summed E-state index contributed by atoms with van der Waals surface area (Å²) in [7, 11) is 0. The summed E-state index contributed by atoms with van der Waals surface area (Å²) in [6.45, 7) is 0. The highest BCUT2D eigenvalue weighted by atomic mass is 79.9. The fourth-order valence-corrected chi connectivity index (χ4v) is 1.12. The van der Waals surface area contributed by atoms with Crippen LogP contribution in [0.1, 0.15) is 11.1 Å². The Hall–Kier alpha value is -1.39. The third-order valence-corrected chi connectivity index (χ3v) is 1.78. The van der Waals surface area contributed by atoms with Crippen LogP contribution in [0.2, 0.25) is 0 Å². The monoisotopic (exact) mass is 221 g/mol. The second kappa shape index (κ2) is 3.85. The maximum absolute atomic E-state index is 8.66. The standard InChI is InChI=1S/C8H4BrN3/c9-8-3-7(4-11)6(1-2-10)5-12-8/h3,5H,1H2. The lowest BCUT2D eigenvalue weighted by molar-refractivity contribution is 1.15. The first-order valence-corrected chi connectivity index (χ1v) is 3.98. The van der Waals surface area contributed by atoms with E-state index in [0.717, 1.165) is 0 Å². The molecule has 1 heterocycles. The molecule has 0 atom stereocenters. The first-order chi connectivity index (χ1) is 5.77. The van der Waals surface area contributed by atoms with Crippen LogP contribution in [-0.4, -0.2) is 4.98 Å². The van der Waals surface area contributed by atoms with E-state index in [1.54, 1.807) is 6.07 Å². The average Bonchev–Trinajstić information content (AvgIpc) is 2.08. The molecule has 0 saturated carbocycles. The molecule has 0 saturated heterocycles. The predicted octanol–water partition coefficient (Wildman–Crippen LogP) is 1.78. The molecule has 0 radical (unpaired) electrons. The van der Waals surface area contributed by atoms with Gasteiger partial charge in [-0.15, -0.1) is 0 Å². The van der Waals surface area contributed by atoms with Crippen molar-refractivity contribution in [3.63, 3.8) is 0 Å². The van der Waals surface area contributed by atoms with Gasteiger partial charge in [0, 0.05) is 11.8 Å². The summed E-state index contributed by atoms with van der Waals surface area (Å²) in [6, 6.07) is 5.58. The number of hydrogen-bond donors (Lipinski definition) is 0. The van der Waals surface area contributed by atoms with E-state index >= 15 is 0 Å². The van der Waals surface area contributed by atoms with E-state index in [-0.39, 0.29) is 6.42 Å². The number of pyridine rings is 1. The van der Waals surface area contributed by atoms with Gasteiger partial charge >= 0.3 is 0 Å². The first-order valence-electron chi connectivity index (χ1n) is 3.19. The fraction of sp³-hybridized carbons (Fsp3) is 0.125. The van der Waals surface area contributed by atoms with Gasteiger partial charge in [-0.2, -0.15) is 10.5 Å². The second-order valence-corrected chi connectivity index (χ2v) is 2.92. The summed E-state index contributed by atoms with van der Waals surface area (Å²) < 4.78 is 0.612. The molecule has 1 rings (SSSR count). The van der Waals surface area contributed by atoms with Crippen LogP contribution in [0.25, 0.3) is 0 Å². The van der Waals surface area contributed by atoms with Gasteiger partial charge in [-0.1, -0.05) is 0 Å². The van der Waals surface area contributed by atoms with Gasteiger partial charge in [-0.05, 0) is 22.0 Å². The Kier molecular flexibility index (Phi) is 2.79. The molecular weight excluding hydrogens is 218 g/mol. The summed E-state index contributed by atoms with van der Waals surface area (Å²) in [6.07, 6.45) is 1.76. The maximum Gasteiger partial charge on any atom is 0.107 e. The molecule has 0 bridgehead atoms. The van der Waals surface area contributed by atoms with Crippen molar-refractivity contribution in [3.05, 3.63) is 28.0 Å². The van der Waals surface area contributed by atoms with Gasteiger partial charge in [0.15, 0.2) is 0 Å². The van der Waals surface area contributed by atoms with E-state index in [0.29, 0.717) is 15.7 Å². The molecule has 1 aromatic heterocycles. The fourth-order valence-electron chi connectivity index (χ4n) is 0.788. The molecule has 0 aliphatic rings. The van der Waals surface area contributed by atoms with Crippen molar-refractivity contribution in [2.24, 2.45) is 0 Å². The van der Waals surface area contributed by atoms with Crippen molar-refractivity contribution in [2.75, 3.05) is 0 Å². The smallest absolute Gasteiger partial charge is 0.107 e. The third-order valence-electron chi connectivity index (χ3n) is 1.34. The summed E-state index contributed by atoms with van der Waals surface area (Å²) >= 11 is 3.14. The molecule has 58 valence electrons. The minimum absolute atomic E-state index is 0.225. The molecule has 0 aliphatic carbocycles. The Bertz CT molecular complexity index is 373. The molecule has 0 unspecified atom stereocenters. The molecule has 3 nitrogen and oxygen atoms in total. The molecule has 1 aromatic rings. The largest absolute Gasteiger partial charge is 0.249 e. The van der Waals surface area contributed by atoms with Crippen molar-refractivity contribution in [3.8, 4) is 12.1 Å². The molecule has 0 spiro atoms. The van der Waals surface area contributed by atoms with E-state index in [2.05, 4.69) is 20.9 Å². The molecule has 0 amide bonds. The third kappa shape index (κ3) is 1.81. The molecule has 12 heavy (non-hydrogen) atoms. The predicted molar refractivity (Wildman–Crippen MR) is 46.0 cm³/mol. The number of hydrogen-bond acceptors (Lipinski definition) is 3.